The number of nitrogens with two attached hydrogens (primary N) is 1. The minimum absolute atomic E-state index is 0.0456. The molecule has 0 aromatic rings. The number of thioether (sulfide) groups is 1. The smallest absolute Gasteiger partial charge is 0.475 e. The molecular formula is C18H32F3N5O6S. The standard InChI is InChI=1S/C16H31N5O4S.C2HF3O2/c17-4-7-24-9-10-25-8-6-19-15(22)18-5-2-1-3-13-14-12(11-26-13)20-16(23)21-14;3-2(4,5)1(6)7/h12-14H,1-11,17H2,(H2,18,19,22)(H2,20,21,23);(H,6,7)/t12-,13-,14-;/m0./s1. The van der Waals surface area contributed by atoms with Gasteiger partial charge in [-0.05, 0) is 12.8 Å². The molecule has 192 valence electrons. The molecule has 0 unspecified atom stereocenters. The zero-order valence-electron chi connectivity index (χ0n) is 18.1. The molecular weight excluding hydrogens is 471 g/mol. The summed E-state index contributed by atoms with van der Waals surface area (Å²) in [7, 11) is 0. The highest BCUT2D eigenvalue weighted by molar-refractivity contribution is 8.00. The van der Waals surface area contributed by atoms with Crippen molar-refractivity contribution in [2.75, 3.05) is 51.8 Å². The Balaban J connectivity index is 0.000000675. The first-order valence-corrected chi connectivity index (χ1v) is 11.6. The highest BCUT2D eigenvalue weighted by atomic mass is 32.2. The average molecular weight is 504 g/mol. The van der Waals surface area contributed by atoms with Crippen molar-refractivity contribution in [2.45, 2.75) is 42.8 Å². The number of carbonyl (C=O) groups is 3. The van der Waals surface area contributed by atoms with E-state index in [1.807, 2.05) is 11.8 Å². The van der Waals surface area contributed by atoms with Crippen LogP contribution >= 0.6 is 11.8 Å². The molecule has 2 aliphatic heterocycles. The van der Waals surface area contributed by atoms with Crippen molar-refractivity contribution in [3.05, 3.63) is 0 Å². The van der Waals surface area contributed by atoms with E-state index in [-0.39, 0.29) is 24.1 Å². The fourth-order valence-corrected chi connectivity index (χ4v) is 4.56. The van der Waals surface area contributed by atoms with Crippen LogP contribution in [0, 0.1) is 0 Å². The van der Waals surface area contributed by atoms with E-state index in [0.717, 1.165) is 25.0 Å². The number of unbranched alkanes of at least 4 members (excludes halogenated alkanes) is 1. The van der Waals surface area contributed by atoms with E-state index in [0.29, 0.717) is 51.3 Å². The zero-order chi connectivity index (χ0) is 24.7. The van der Waals surface area contributed by atoms with Gasteiger partial charge >= 0.3 is 24.2 Å². The number of hydrogen-bond acceptors (Lipinski definition) is 7. The van der Waals surface area contributed by atoms with Crippen LogP contribution in [-0.2, 0) is 14.3 Å². The number of hydrogen-bond donors (Lipinski definition) is 6. The first-order chi connectivity index (χ1) is 15.6. The van der Waals surface area contributed by atoms with Gasteiger partial charge in [0, 0.05) is 30.6 Å². The summed E-state index contributed by atoms with van der Waals surface area (Å²) >= 11 is 1.92. The van der Waals surface area contributed by atoms with Crippen molar-refractivity contribution in [3.63, 3.8) is 0 Å². The molecule has 0 aliphatic carbocycles. The summed E-state index contributed by atoms with van der Waals surface area (Å²) in [6.45, 7) is 3.64. The van der Waals surface area contributed by atoms with E-state index >= 15 is 0 Å². The summed E-state index contributed by atoms with van der Waals surface area (Å²) in [5.74, 6) is -1.77. The summed E-state index contributed by atoms with van der Waals surface area (Å²) in [6.07, 6.45) is -2.07. The van der Waals surface area contributed by atoms with Crippen LogP contribution in [0.1, 0.15) is 19.3 Å². The molecule has 7 N–H and O–H groups in total. The average Bonchev–Trinajstić information content (AvgIpc) is 3.29. The number of ether oxygens (including phenoxy) is 2. The Morgan fingerprint density at radius 2 is 1.73 bits per heavy atom. The molecule has 4 amide bonds. The molecule has 0 aromatic heterocycles. The maximum absolute atomic E-state index is 11.6. The molecule has 0 bridgehead atoms. The Morgan fingerprint density at radius 3 is 2.36 bits per heavy atom. The van der Waals surface area contributed by atoms with Crippen molar-refractivity contribution >= 4 is 29.8 Å². The van der Waals surface area contributed by atoms with Gasteiger partial charge in [-0.1, -0.05) is 6.42 Å². The van der Waals surface area contributed by atoms with E-state index in [4.69, 9.17) is 25.1 Å². The fourth-order valence-electron chi connectivity index (χ4n) is 3.02. The maximum atomic E-state index is 11.6. The molecule has 15 heteroatoms. The van der Waals surface area contributed by atoms with Crippen LogP contribution in [0.5, 0.6) is 0 Å². The lowest BCUT2D eigenvalue weighted by atomic mass is 10.0. The summed E-state index contributed by atoms with van der Waals surface area (Å²) in [5, 5.41) is 19.1. The number of amides is 4. The van der Waals surface area contributed by atoms with E-state index in [1.165, 1.54) is 0 Å². The summed E-state index contributed by atoms with van der Waals surface area (Å²) in [6, 6.07) is 0.312. The zero-order valence-corrected chi connectivity index (χ0v) is 18.9. The number of fused-ring (bicyclic) bond motifs is 1. The van der Waals surface area contributed by atoms with E-state index in [2.05, 4.69) is 21.3 Å². The molecule has 2 aliphatic rings. The quantitative estimate of drug-likeness (QED) is 0.154. The molecule has 2 saturated heterocycles. The number of aliphatic carboxylic acids is 1. The Bertz CT molecular complexity index is 617. The van der Waals surface area contributed by atoms with Gasteiger partial charge in [0.2, 0.25) is 0 Å². The van der Waals surface area contributed by atoms with Crippen molar-refractivity contribution in [3.8, 4) is 0 Å². The van der Waals surface area contributed by atoms with Crippen LogP contribution in [0.15, 0.2) is 0 Å². The Kier molecular flexibility index (Phi) is 13.9. The topological polar surface area (TPSA) is 164 Å². The van der Waals surface area contributed by atoms with Crippen LogP contribution in [0.25, 0.3) is 0 Å². The SMILES string of the molecule is NCCOCCOCCNC(=O)NCCCC[C@@H]1SC[C@@H]2NC(=O)N[C@@H]21.O=C(O)C(F)(F)F. The lowest BCUT2D eigenvalue weighted by molar-refractivity contribution is -0.192. The Labute approximate surface area is 194 Å². The first-order valence-electron chi connectivity index (χ1n) is 10.5. The van der Waals surface area contributed by atoms with Crippen LogP contribution in [0.4, 0.5) is 22.8 Å². The largest absolute Gasteiger partial charge is 0.490 e. The highest BCUT2D eigenvalue weighted by Gasteiger charge is 2.42. The molecule has 0 aromatic carbocycles. The number of halogens is 3. The van der Waals surface area contributed by atoms with Gasteiger partial charge in [0.1, 0.15) is 0 Å². The molecule has 3 atom stereocenters. The lowest BCUT2D eigenvalue weighted by Gasteiger charge is -2.16. The van der Waals surface area contributed by atoms with Crippen LogP contribution in [0.3, 0.4) is 0 Å². The van der Waals surface area contributed by atoms with E-state index < -0.39 is 12.1 Å². The molecule has 0 radical (unpaired) electrons. The third-order valence-corrected chi connectivity index (χ3v) is 6.06. The highest BCUT2D eigenvalue weighted by Crippen LogP contribution is 2.32. The van der Waals surface area contributed by atoms with Crippen LogP contribution in [0.2, 0.25) is 0 Å². The third kappa shape index (κ3) is 12.7. The molecule has 2 rings (SSSR count). The fraction of sp³-hybridized carbons (Fsp3) is 0.833. The van der Waals surface area contributed by atoms with Gasteiger partial charge in [-0.2, -0.15) is 24.9 Å². The minimum atomic E-state index is -5.08. The molecule has 11 nitrogen and oxygen atoms in total. The maximum Gasteiger partial charge on any atom is 0.490 e. The molecule has 0 spiro atoms. The predicted octanol–water partition coefficient (Wildman–Crippen LogP) is 0.247. The van der Waals surface area contributed by atoms with E-state index in [9.17, 15) is 22.8 Å². The van der Waals surface area contributed by atoms with Crippen molar-refractivity contribution in [2.24, 2.45) is 5.73 Å². The number of carbonyl (C=O) groups excluding carboxylic acids is 2. The van der Waals surface area contributed by atoms with E-state index in [1.54, 1.807) is 0 Å². The summed E-state index contributed by atoms with van der Waals surface area (Å²) < 4.78 is 42.2. The Hall–Kier alpha value is -1.97. The first kappa shape index (κ1) is 29.1. The monoisotopic (exact) mass is 503 g/mol. The number of nitrogens with one attached hydrogen (secondary N) is 4. The molecule has 33 heavy (non-hydrogen) atoms. The van der Waals surface area contributed by atoms with Crippen molar-refractivity contribution in [1.82, 2.24) is 21.3 Å². The second kappa shape index (κ2) is 15.8. The van der Waals surface area contributed by atoms with Crippen molar-refractivity contribution < 1.29 is 42.1 Å². The second-order valence-electron chi connectivity index (χ2n) is 7.12. The van der Waals surface area contributed by atoms with Crippen molar-refractivity contribution in [1.29, 1.82) is 0 Å². The summed E-state index contributed by atoms with van der Waals surface area (Å²) in [5.41, 5.74) is 5.30. The molecule has 2 fully saturated rings. The Morgan fingerprint density at radius 1 is 1.09 bits per heavy atom. The number of carboxylic acids is 1. The predicted molar refractivity (Wildman–Crippen MR) is 115 cm³/mol. The van der Waals surface area contributed by atoms with Gasteiger partial charge in [0.25, 0.3) is 0 Å². The second-order valence-corrected chi connectivity index (χ2v) is 8.39. The van der Waals surface area contributed by atoms with Gasteiger partial charge in [-0.25, -0.2) is 14.4 Å². The van der Waals surface area contributed by atoms with Gasteiger partial charge in [-0.15, -0.1) is 0 Å². The van der Waals surface area contributed by atoms with Gasteiger partial charge in [-0.3, -0.25) is 0 Å². The van der Waals surface area contributed by atoms with Gasteiger partial charge in [0.05, 0.1) is 38.5 Å². The minimum Gasteiger partial charge on any atom is -0.475 e. The van der Waals surface area contributed by atoms with Gasteiger partial charge < -0.3 is 41.6 Å². The molecule has 2 heterocycles. The lowest BCUT2D eigenvalue weighted by Crippen LogP contribution is -2.38. The van der Waals surface area contributed by atoms with Crippen LogP contribution in [-0.4, -0.2) is 98.5 Å². The number of urea groups is 2. The number of carboxylic acid groups (broad SMARTS) is 1. The third-order valence-electron chi connectivity index (χ3n) is 4.55. The van der Waals surface area contributed by atoms with Crippen LogP contribution < -0.4 is 27.0 Å². The number of alkyl halides is 3. The number of rotatable bonds is 13. The van der Waals surface area contributed by atoms with Gasteiger partial charge in [0.15, 0.2) is 0 Å². The summed E-state index contributed by atoms with van der Waals surface area (Å²) in [4.78, 5) is 31.9. The normalized spacial score (nSPS) is 21.3. The molecule has 0 saturated carbocycles.